The van der Waals surface area contributed by atoms with Gasteiger partial charge in [0.1, 0.15) is 17.2 Å². The predicted molar refractivity (Wildman–Crippen MR) is 109 cm³/mol. The minimum absolute atomic E-state index is 0.0877. The molecule has 2 N–H and O–H groups in total. The van der Waals surface area contributed by atoms with Gasteiger partial charge >= 0.3 is 0 Å². The summed E-state index contributed by atoms with van der Waals surface area (Å²) in [5.41, 5.74) is 0.901. The number of rotatable bonds is 8. The van der Waals surface area contributed by atoms with E-state index in [1.54, 1.807) is 38.5 Å². The number of anilines is 1. The Morgan fingerprint density at radius 1 is 0.833 bits per heavy atom. The lowest BCUT2D eigenvalue weighted by molar-refractivity contribution is 0.102. The van der Waals surface area contributed by atoms with Crippen molar-refractivity contribution in [3.05, 3.63) is 35.9 Å². The van der Waals surface area contributed by atoms with Gasteiger partial charge in [0.2, 0.25) is 5.95 Å². The standard InChI is InChI=1S/C20H22N4O6/c1-26-11-6-7-12(14(8-11)27-2)18-21-20(24-23-18)22-19(25)13-9-16(29-4)17(30-5)10-15(13)28-3/h6-10H,1-5H3,(H2,21,22,23,24,25). The first-order valence-electron chi connectivity index (χ1n) is 8.80. The Hall–Kier alpha value is -3.95. The lowest BCUT2D eigenvalue weighted by Crippen LogP contribution is -2.14. The molecule has 0 aliphatic rings. The number of nitrogens with one attached hydrogen (secondary N) is 2. The van der Waals surface area contributed by atoms with Crippen LogP contribution in [0.5, 0.6) is 28.7 Å². The average Bonchev–Trinajstić information content (AvgIpc) is 3.25. The van der Waals surface area contributed by atoms with E-state index in [1.165, 1.54) is 27.4 Å². The molecule has 1 heterocycles. The van der Waals surface area contributed by atoms with Gasteiger partial charge in [-0.1, -0.05) is 0 Å². The number of benzene rings is 2. The molecule has 0 fully saturated rings. The minimum atomic E-state index is -0.472. The Bertz CT molecular complexity index is 1050. The van der Waals surface area contributed by atoms with Gasteiger partial charge in [0.05, 0.1) is 46.7 Å². The second-order valence-corrected chi connectivity index (χ2v) is 5.94. The van der Waals surface area contributed by atoms with Crippen LogP contribution in [0, 0.1) is 0 Å². The summed E-state index contributed by atoms with van der Waals surface area (Å²) in [4.78, 5) is 17.1. The molecule has 0 unspecified atom stereocenters. The van der Waals surface area contributed by atoms with Crippen LogP contribution in [0.4, 0.5) is 5.95 Å². The van der Waals surface area contributed by atoms with Gasteiger partial charge in [-0.3, -0.25) is 15.2 Å². The van der Waals surface area contributed by atoms with Crippen LogP contribution in [0.15, 0.2) is 30.3 Å². The van der Waals surface area contributed by atoms with Crippen molar-refractivity contribution in [2.24, 2.45) is 0 Å². The number of ether oxygens (including phenoxy) is 5. The van der Waals surface area contributed by atoms with Crippen LogP contribution in [0.25, 0.3) is 11.4 Å². The summed E-state index contributed by atoms with van der Waals surface area (Å²) in [6.45, 7) is 0. The van der Waals surface area contributed by atoms with Crippen molar-refractivity contribution in [2.75, 3.05) is 40.9 Å². The molecule has 0 saturated heterocycles. The second kappa shape index (κ2) is 9.03. The van der Waals surface area contributed by atoms with Gasteiger partial charge in [-0.05, 0) is 12.1 Å². The van der Waals surface area contributed by atoms with Gasteiger partial charge in [-0.2, -0.15) is 4.98 Å². The zero-order chi connectivity index (χ0) is 21.7. The van der Waals surface area contributed by atoms with Crippen molar-refractivity contribution in [3.63, 3.8) is 0 Å². The predicted octanol–water partition coefficient (Wildman–Crippen LogP) is 2.77. The Balaban J connectivity index is 1.87. The maximum atomic E-state index is 12.8. The molecule has 158 valence electrons. The molecule has 1 amide bonds. The van der Waals surface area contributed by atoms with Crippen LogP contribution < -0.4 is 29.0 Å². The molecule has 3 aromatic rings. The molecule has 30 heavy (non-hydrogen) atoms. The number of nitrogens with zero attached hydrogens (tertiary/aromatic N) is 2. The lowest BCUT2D eigenvalue weighted by Gasteiger charge is -2.13. The number of carbonyl (C=O) groups is 1. The van der Waals surface area contributed by atoms with Crippen LogP contribution in [-0.4, -0.2) is 56.6 Å². The highest BCUT2D eigenvalue weighted by Gasteiger charge is 2.20. The maximum absolute atomic E-state index is 12.8. The Kier molecular flexibility index (Phi) is 6.26. The Labute approximate surface area is 173 Å². The molecule has 1 aromatic heterocycles. The normalized spacial score (nSPS) is 10.3. The first-order chi connectivity index (χ1) is 14.5. The van der Waals surface area contributed by atoms with Crippen molar-refractivity contribution >= 4 is 11.9 Å². The van der Waals surface area contributed by atoms with Crippen LogP contribution in [-0.2, 0) is 0 Å². The van der Waals surface area contributed by atoms with E-state index in [1.807, 2.05) is 0 Å². The van der Waals surface area contributed by atoms with Gasteiger partial charge in [-0.25, -0.2) is 0 Å². The van der Waals surface area contributed by atoms with Gasteiger partial charge in [-0.15, -0.1) is 5.10 Å². The van der Waals surface area contributed by atoms with Crippen molar-refractivity contribution in [1.29, 1.82) is 0 Å². The van der Waals surface area contributed by atoms with Gasteiger partial charge in [0.15, 0.2) is 17.3 Å². The van der Waals surface area contributed by atoms with Crippen molar-refractivity contribution in [1.82, 2.24) is 15.2 Å². The number of amides is 1. The van der Waals surface area contributed by atoms with Crippen LogP contribution >= 0.6 is 0 Å². The summed E-state index contributed by atoms with van der Waals surface area (Å²) >= 11 is 0. The topological polar surface area (TPSA) is 117 Å². The van der Waals surface area contributed by atoms with Gasteiger partial charge in [0, 0.05) is 18.2 Å². The summed E-state index contributed by atoms with van der Waals surface area (Å²) < 4.78 is 26.4. The SMILES string of the molecule is COc1ccc(-c2nc(NC(=O)c3cc(OC)c(OC)cc3OC)n[nH]2)c(OC)c1. The van der Waals surface area contributed by atoms with E-state index in [9.17, 15) is 4.79 Å². The van der Waals surface area contributed by atoms with Gasteiger partial charge < -0.3 is 23.7 Å². The van der Waals surface area contributed by atoms with Crippen LogP contribution in [0.1, 0.15) is 10.4 Å². The summed E-state index contributed by atoms with van der Waals surface area (Å²) in [6, 6.07) is 8.37. The summed E-state index contributed by atoms with van der Waals surface area (Å²) in [6.07, 6.45) is 0. The van der Waals surface area contributed by atoms with E-state index in [4.69, 9.17) is 23.7 Å². The van der Waals surface area contributed by atoms with E-state index in [-0.39, 0.29) is 11.5 Å². The van der Waals surface area contributed by atoms with E-state index >= 15 is 0 Å². The molecular weight excluding hydrogens is 392 g/mol. The number of H-pyrrole nitrogens is 1. The van der Waals surface area contributed by atoms with Crippen molar-refractivity contribution in [2.45, 2.75) is 0 Å². The van der Waals surface area contributed by atoms with E-state index in [2.05, 4.69) is 20.5 Å². The molecule has 0 spiro atoms. The Morgan fingerprint density at radius 2 is 1.50 bits per heavy atom. The third-order valence-electron chi connectivity index (χ3n) is 4.32. The molecule has 10 nitrogen and oxygen atoms in total. The first-order valence-corrected chi connectivity index (χ1v) is 8.80. The monoisotopic (exact) mass is 414 g/mol. The van der Waals surface area contributed by atoms with E-state index in [0.717, 1.165) is 0 Å². The number of methoxy groups -OCH3 is 5. The molecule has 3 rings (SSSR count). The molecule has 0 aliphatic carbocycles. The Morgan fingerprint density at radius 3 is 2.13 bits per heavy atom. The quantitative estimate of drug-likeness (QED) is 0.578. The second-order valence-electron chi connectivity index (χ2n) is 5.94. The van der Waals surface area contributed by atoms with Crippen LogP contribution in [0.3, 0.4) is 0 Å². The van der Waals surface area contributed by atoms with Crippen molar-refractivity contribution < 1.29 is 28.5 Å². The zero-order valence-corrected chi connectivity index (χ0v) is 17.2. The fourth-order valence-corrected chi connectivity index (χ4v) is 2.81. The van der Waals surface area contributed by atoms with Crippen molar-refractivity contribution in [3.8, 4) is 40.1 Å². The third kappa shape index (κ3) is 4.07. The zero-order valence-electron chi connectivity index (χ0n) is 17.2. The van der Waals surface area contributed by atoms with Crippen LogP contribution in [0.2, 0.25) is 0 Å². The van der Waals surface area contributed by atoms with E-state index < -0.39 is 5.91 Å². The molecule has 0 aliphatic heterocycles. The number of aromatic nitrogens is 3. The molecule has 0 atom stereocenters. The first kappa shape index (κ1) is 20.8. The van der Waals surface area contributed by atoms with Gasteiger partial charge in [0.25, 0.3) is 5.91 Å². The maximum Gasteiger partial charge on any atom is 0.261 e. The highest BCUT2D eigenvalue weighted by molar-refractivity contribution is 6.06. The van der Waals surface area contributed by atoms with E-state index in [0.29, 0.717) is 40.1 Å². The minimum Gasteiger partial charge on any atom is -0.497 e. The molecule has 2 aromatic carbocycles. The number of carbonyl (C=O) groups excluding carboxylic acids is 1. The number of aromatic amines is 1. The molecule has 10 heteroatoms. The molecule has 0 radical (unpaired) electrons. The number of hydrogen-bond acceptors (Lipinski definition) is 8. The lowest BCUT2D eigenvalue weighted by atomic mass is 10.1. The third-order valence-corrected chi connectivity index (χ3v) is 4.32. The largest absolute Gasteiger partial charge is 0.497 e. The highest BCUT2D eigenvalue weighted by atomic mass is 16.5. The highest BCUT2D eigenvalue weighted by Crippen LogP contribution is 2.35. The smallest absolute Gasteiger partial charge is 0.261 e. The molecule has 0 saturated carbocycles. The fraction of sp³-hybridized carbons (Fsp3) is 0.250. The molecular formula is C20H22N4O6. The number of hydrogen-bond donors (Lipinski definition) is 2. The summed E-state index contributed by atoms with van der Waals surface area (Å²) in [5.74, 6) is 2.38. The summed E-state index contributed by atoms with van der Waals surface area (Å²) in [5, 5.41) is 9.48. The fourth-order valence-electron chi connectivity index (χ4n) is 2.81. The molecule has 0 bridgehead atoms. The average molecular weight is 414 g/mol. The summed E-state index contributed by atoms with van der Waals surface area (Å²) in [7, 11) is 7.55.